The van der Waals surface area contributed by atoms with Gasteiger partial charge < -0.3 is 14.5 Å². The zero-order valence-corrected chi connectivity index (χ0v) is 19.1. The minimum absolute atomic E-state index is 0.00596. The second-order valence-electron chi connectivity index (χ2n) is 8.15. The van der Waals surface area contributed by atoms with Crippen LogP contribution < -0.4 is 4.74 Å². The number of nitrogens with zero attached hydrogens (tertiary/aromatic N) is 3. The Bertz CT molecular complexity index is 1120. The second kappa shape index (κ2) is 10.3. The van der Waals surface area contributed by atoms with E-state index in [0.29, 0.717) is 31.8 Å². The molecule has 0 N–H and O–H groups in total. The van der Waals surface area contributed by atoms with Crippen LogP contribution in [0.15, 0.2) is 73.1 Å². The van der Waals surface area contributed by atoms with Gasteiger partial charge >= 0.3 is 0 Å². The summed E-state index contributed by atoms with van der Waals surface area (Å²) in [6.07, 6.45) is 4.22. The highest BCUT2D eigenvalue weighted by molar-refractivity contribution is 5.90. The van der Waals surface area contributed by atoms with Crippen LogP contribution in [0.25, 0.3) is 11.1 Å². The number of hydrogen-bond acceptors (Lipinski definition) is 4. The fourth-order valence-electron chi connectivity index (χ4n) is 4.41. The molecular weight excluding hydrogens is 414 g/mol. The molecule has 2 amide bonds. The molecular formula is C27H29N3O3. The van der Waals surface area contributed by atoms with Crippen molar-refractivity contribution in [3.8, 4) is 16.9 Å². The van der Waals surface area contributed by atoms with Crippen molar-refractivity contribution in [3.63, 3.8) is 0 Å². The number of piperazine rings is 1. The van der Waals surface area contributed by atoms with E-state index in [1.807, 2.05) is 66.4 Å². The average Bonchev–Trinajstić information content (AvgIpc) is 2.86. The van der Waals surface area contributed by atoms with Gasteiger partial charge in [0, 0.05) is 44.0 Å². The van der Waals surface area contributed by atoms with Gasteiger partial charge in [0.25, 0.3) is 0 Å². The van der Waals surface area contributed by atoms with E-state index in [0.717, 1.165) is 22.3 Å². The monoisotopic (exact) mass is 443 g/mol. The van der Waals surface area contributed by atoms with Crippen LogP contribution >= 0.6 is 0 Å². The van der Waals surface area contributed by atoms with Crippen LogP contribution in [0.2, 0.25) is 0 Å². The van der Waals surface area contributed by atoms with Crippen LogP contribution in [-0.4, -0.2) is 59.4 Å². The maximum absolute atomic E-state index is 13.4. The molecule has 1 aliphatic heterocycles. The van der Waals surface area contributed by atoms with Gasteiger partial charge in [-0.2, -0.15) is 0 Å². The van der Waals surface area contributed by atoms with Gasteiger partial charge in [-0.25, -0.2) is 0 Å². The molecule has 3 aromatic rings. The van der Waals surface area contributed by atoms with Crippen molar-refractivity contribution in [2.24, 2.45) is 0 Å². The Kier molecular flexibility index (Phi) is 7.03. The number of para-hydroxylation sites is 1. The summed E-state index contributed by atoms with van der Waals surface area (Å²) in [6.45, 7) is 3.70. The summed E-state index contributed by atoms with van der Waals surface area (Å²) in [6, 6.07) is 19.1. The average molecular weight is 444 g/mol. The molecule has 0 bridgehead atoms. The third-order valence-electron chi connectivity index (χ3n) is 6.19. The number of carbonyl (C=O) groups is 2. The summed E-state index contributed by atoms with van der Waals surface area (Å²) < 4.78 is 5.42. The molecule has 2 aromatic carbocycles. The first-order chi connectivity index (χ1) is 16.1. The Morgan fingerprint density at radius 3 is 2.58 bits per heavy atom. The van der Waals surface area contributed by atoms with Gasteiger partial charge in [-0.05, 0) is 41.8 Å². The highest BCUT2D eigenvalue weighted by Gasteiger charge is 2.36. The summed E-state index contributed by atoms with van der Waals surface area (Å²) in [5.41, 5.74) is 3.99. The summed E-state index contributed by atoms with van der Waals surface area (Å²) >= 11 is 0. The number of hydrogen-bond donors (Lipinski definition) is 0. The van der Waals surface area contributed by atoms with E-state index in [4.69, 9.17) is 4.74 Å². The number of carbonyl (C=O) groups excluding carboxylic acids is 2. The maximum Gasteiger partial charge on any atom is 0.245 e. The number of aromatic nitrogens is 1. The molecule has 33 heavy (non-hydrogen) atoms. The Labute approximate surface area is 194 Å². The van der Waals surface area contributed by atoms with Crippen molar-refractivity contribution >= 4 is 11.8 Å². The Balaban J connectivity index is 1.59. The molecule has 6 heteroatoms. The van der Waals surface area contributed by atoms with Gasteiger partial charge in [-0.1, -0.05) is 42.5 Å². The van der Waals surface area contributed by atoms with Gasteiger partial charge in [-0.15, -0.1) is 0 Å². The molecule has 0 spiro atoms. The summed E-state index contributed by atoms with van der Waals surface area (Å²) in [4.78, 5) is 34.3. The molecule has 0 unspecified atom stereocenters. The third kappa shape index (κ3) is 5.06. The van der Waals surface area contributed by atoms with E-state index in [1.54, 1.807) is 24.4 Å². The number of ether oxygens (including phenoxy) is 1. The van der Waals surface area contributed by atoms with Crippen LogP contribution in [0.3, 0.4) is 0 Å². The van der Waals surface area contributed by atoms with E-state index < -0.39 is 6.04 Å². The Hall–Kier alpha value is -3.67. The third-order valence-corrected chi connectivity index (χ3v) is 6.19. The molecule has 2 heterocycles. The van der Waals surface area contributed by atoms with Crippen LogP contribution in [0, 0.1) is 0 Å². The van der Waals surface area contributed by atoms with Crippen molar-refractivity contribution in [2.75, 3.05) is 26.7 Å². The zero-order valence-electron chi connectivity index (χ0n) is 19.1. The number of pyridine rings is 1. The standard InChI is InChI=1S/C27H29N3O3/c1-3-29-15-16-30(26(31)19-23-8-4-5-10-25(23)33-2)24(27(29)32)18-20-7-6-9-22(17-20)21-11-13-28-14-12-21/h4-14,17,24H,3,15-16,18-19H2,1-2H3/t24-/m1/s1. The molecule has 0 radical (unpaired) electrons. The molecule has 1 atom stereocenters. The largest absolute Gasteiger partial charge is 0.496 e. The number of likely N-dealkylation sites (N-methyl/N-ethyl adjacent to an activating group) is 1. The van der Waals surface area contributed by atoms with Crippen molar-refractivity contribution < 1.29 is 14.3 Å². The van der Waals surface area contributed by atoms with E-state index in [1.165, 1.54) is 0 Å². The second-order valence-corrected chi connectivity index (χ2v) is 8.15. The topological polar surface area (TPSA) is 62.7 Å². The first-order valence-electron chi connectivity index (χ1n) is 11.3. The Morgan fingerprint density at radius 1 is 1.03 bits per heavy atom. The summed E-state index contributed by atoms with van der Waals surface area (Å²) in [5, 5.41) is 0. The number of benzene rings is 2. The fourth-order valence-corrected chi connectivity index (χ4v) is 4.41. The SMILES string of the molecule is CCN1CCN(C(=O)Cc2ccccc2OC)[C@H](Cc2cccc(-c3ccncc3)c2)C1=O. The first-order valence-corrected chi connectivity index (χ1v) is 11.3. The normalized spacial score (nSPS) is 16.1. The van der Waals surface area contributed by atoms with Crippen LogP contribution in [0.5, 0.6) is 5.75 Å². The van der Waals surface area contributed by atoms with Crippen LogP contribution in [0.4, 0.5) is 0 Å². The van der Waals surface area contributed by atoms with Crippen LogP contribution in [0.1, 0.15) is 18.1 Å². The lowest BCUT2D eigenvalue weighted by Gasteiger charge is -2.40. The first kappa shape index (κ1) is 22.5. The van der Waals surface area contributed by atoms with Crippen LogP contribution in [-0.2, 0) is 22.4 Å². The lowest BCUT2D eigenvalue weighted by atomic mass is 9.97. The molecule has 1 aliphatic rings. The van der Waals surface area contributed by atoms with Crippen molar-refractivity contribution in [1.29, 1.82) is 0 Å². The van der Waals surface area contributed by atoms with Crippen molar-refractivity contribution in [1.82, 2.24) is 14.8 Å². The molecule has 1 aromatic heterocycles. The van der Waals surface area contributed by atoms with Crippen molar-refractivity contribution in [3.05, 3.63) is 84.2 Å². The highest BCUT2D eigenvalue weighted by atomic mass is 16.5. The smallest absolute Gasteiger partial charge is 0.245 e. The highest BCUT2D eigenvalue weighted by Crippen LogP contribution is 2.24. The van der Waals surface area contributed by atoms with Gasteiger partial charge in [0.15, 0.2) is 0 Å². The molecule has 1 fully saturated rings. The summed E-state index contributed by atoms with van der Waals surface area (Å²) in [5.74, 6) is 0.635. The Morgan fingerprint density at radius 2 is 1.82 bits per heavy atom. The van der Waals surface area contributed by atoms with Gasteiger partial charge in [0.05, 0.1) is 13.5 Å². The van der Waals surface area contributed by atoms with Crippen molar-refractivity contribution in [2.45, 2.75) is 25.8 Å². The number of methoxy groups -OCH3 is 1. The molecule has 170 valence electrons. The minimum atomic E-state index is -0.520. The lowest BCUT2D eigenvalue weighted by Crippen LogP contribution is -2.59. The van der Waals surface area contributed by atoms with Gasteiger partial charge in [0.2, 0.25) is 11.8 Å². The summed E-state index contributed by atoms with van der Waals surface area (Å²) in [7, 11) is 1.60. The molecule has 0 aliphatic carbocycles. The fraction of sp³-hybridized carbons (Fsp3) is 0.296. The predicted octanol–water partition coefficient (Wildman–Crippen LogP) is 3.60. The maximum atomic E-state index is 13.4. The van der Waals surface area contributed by atoms with E-state index in [2.05, 4.69) is 11.1 Å². The van der Waals surface area contributed by atoms with E-state index in [9.17, 15) is 9.59 Å². The van der Waals surface area contributed by atoms with Gasteiger partial charge in [-0.3, -0.25) is 14.6 Å². The molecule has 6 nitrogen and oxygen atoms in total. The lowest BCUT2D eigenvalue weighted by molar-refractivity contribution is -0.150. The molecule has 4 rings (SSSR count). The number of rotatable bonds is 7. The molecule has 0 saturated carbocycles. The minimum Gasteiger partial charge on any atom is -0.496 e. The molecule has 1 saturated heterocycles. The zero-order chi connectivity index (χ0) is 23.2. The number of amides is 2. The predicted molar refractivity (Wildman–Crippen MR) is 128 cm³/mol. The van der Waals surface area contributed by atoms with Gasteiger partial charge in [0.1, 0.15) is 11.8 Å². The van der Waals surface area contributed by atoms with E-state index in [-0.39, 0.29) is 18.2 Å². The quantitative estimate of drug-likeness (QED) is 0.560. The van der Waals surface area contributed by atoms with E-state index >= 15 is 0 Å².